The van der Waals surface area contributed by atoms with Crippen LogP contribution in [-0.4, -0.2) is 69.0 Å². The van der Waals surface area contributed by atoms with Crippen molar-refractivity contribution in [2.24, 2.45) is 0 Å². The largest absolute Gasteiger partial charge is 0.493 e. The number of methoxy groups -OCH3 is 3. The zero-order valence-electron chi connectivity index (χ0n) is 20.1. The van der Waals surface area contributed by atoms with Gasteiger partial charge in [-0.05, 0) is 25.0 Å². The van der Waals surface area contributed by atoms with E-state index in [1.807, 2.05) is 36.4 Å². The third kappa shape index (κ3) is 4.98. The second-order valence-electron chi connectivity index (χ2n) is 8.86. The Morgan fingerprint density at radius 1 is 1.03 bits per heavy atom. The predicted octanol–water partition coefficient (Wildman–Crippen LogP) is 4.09. The number of anilines is 1. The van der Waals surface area contributed by atoms with Crippen LogP contribution in [0.25, 0.3) is 10.9 Å². The fourth-order valence-electron chi connectivity index (χ4n) is 4.07. The standard InChI is InChI=1S/C26H34N4O3/c1-19(9-7-6-8-16-31-3)29-12-14-30(15-13-29)24-20-17-22(32-4)23(33-5)18-21(20)27-25(28-24)26(2)10-11-26/h6-9,17-18H,1,10-16H2,2-5H3/b8-6-,9-7-. The highest BCUT2D eigenvalue weighted by Gasteiger charge is 2.42. The lowest BCUT2D eigenvalue weighted by molar-refractivity contribution is 0.234. The van der Waals surface area contributed by atoms with Gasteiger partial charge in [0.15, 0.2) is 11.5 Å². The molecule has 1 aliphatic carbocycles. The highest BCUT2D eigenvalue weighted by atomic mass is 16.5. The zero-order chi connectivity index (χ0) is 23.4. The van der Waals surface area contributed by atoms with Gasteiger partial charge in [-0.3, -0.25) is 0 Å². The van der Waals surface area contributed by atoms with Crippen molar-refractivity contribution in [3.05, 3.63) is 54.5 Å². The highest BCUT2D eigenvalue weighted by molar-refractivity contribution is 5.92. The molecule has 0 amide bonds. The number of hydrogen-bond acceptors (Lipinski definition) is 7. The summed E-state index contributed by atoms with van der Waals surface area (Å²) in [7, 11) is 5.00. The molecule has 1 aromatic carbocycles. The fraction of sp³-hybridized carbons (Fsp3) is 0.462. The van der Waals surface area contributed by atoms with Crippen molar-refractivity contribution in [2.75, 3.05) is 59.0 Å². The number of hydrogen-bond donors (Lipinski definition) is 0. The molecule has 2 fully saturated rings. The molecular weight excluding hydrogens is 416 g/mol. The number of rotatable bonds is 9. The Labute approximate surface area is 196 Å². The van der Waals surface area contributed by atoms with E-state index in [-0.39, 0.29) is 5.41 Å². The van der Waals surface area contributed by atoms with Gasteiger partial charge in [-0.2, -0.15) is 0 Å². The lowest BCUT2D eigenvalue weighted by Crippen LogP contribution is -2.46. The topological polar surface area (TPSA) is 60.0 Å². The third-order valence-electron chi connectivity index (χ3n) is 6.50. The van der Waals surface area contributed by atoms with Crippen LogP contribution < -0.4 is 14.4 Å². The highest BCUT2D eigenvalue weighted by Crippen LogP contribution is 2.47. The minimum absolute atomic E-state index is 0.0767. The van der Waals surface area contributed by atoms with Crippen molar-refractivity contribution < 1.29 is 14.2 Å². The summed E-state index contributed by atoms with van der Waals surface area (Å²) in [5, 5.41) is 0.996. The second kappa shape index (κ2) is 9.83. The van der Waals surface area contributed by atoms with Crippen LogP contribution >= 0.6 is 0 Å². The van der Waals surface area contributed by atoms with Gasteiger partial charge in [-0.25, -0.2) is 9.97 Å². The molecule has 0 unspecified atom stereocenters. The van der Waals surface area contributed by atoms with Gasteiger partial charge in [0.1, 0.15) is 11.6 Å². The van der Waals surface area contributed by atoms with Crippen molar-refractivity contribution in [1.29, 1.82) is 0 Å². The van der Waals surface area contributed by atoms with E-state index in [1.54, 1.807) is 21.3 Å². The third-order valence-corrected chi connectivity index (χ3v) is 6.50. The molecule has 33 heavy (non-hydrogen) atoms. The molecule has 7 heteroatoms. The van der Waals surface area contributed by atoms with Gasteiger partial charge in [0.25, 0.3) is 0 Å². The molecule has 176 valence electrons. The summed E-state index contributed by atoms with van der Waals surface area (Å²) in [6.45, 7) is 10.6. The molecule has 7 nitrogen and oxygen atoms in total. The summed E-state index contributed by atoms with van der Waals surface area (Å²) in [4.78, 5) is 14.7. The van der Waals surface area contributed by atoms with E-state index in [9.17, 15) is 0 Å². The Kier molecular flexibility index (Phi) is 6.88. The van der Waals surface area contributed by atoms with Gasteiger partial charge in [0, 0.05) is 55.9 Å². The summed E-state index contributed by atoms with van der Waals surface area (Å²) in [5.41, 5.74) is 1.99. The van der Waals surface area contributed by atoms with E-state index in [0.29, 0.717) is 18.1 Å². The quantitative estimate of drug-likeness (QED) is 0.533. The number of allylic oxidation sites excluding steroid dienone is 3. The summed E-state index contributed by atoms with van der Waals surface area (Å²) >= 11 is 0. The van der Waals surface area contributed by atoms with E-state index in [4.69, 9.17) is 24.2 Å². The van der Waals surface area contributed by atoms with E-state index in [2.05, 4.69) is 23.3 Å². The first-order chi connectivity index (χ1) is 16.0. The Morgan fingerprint density at radius 2 is 1.73 bits per heavy atom. The second-order valence-corrected chi connectivity index (χ2v) is 8.86. The van der Waals surface area contributed by atoms with Crippen LogP contribution in [0.1, 0.15) is 25.6 Å². The Balaban J connectivity index is 1.57. The van der Waals surface area contributed by atoms with Crippen molar-refractivity contribution >= 4 is 16.7 Å². The maximum atomic E-state index is 5.57. The molecule has 2 aromatic rings. The number of ether oxygens (including phenoxy) is 3. The van der Waals surface area contributed by atoms with Crippen LogP contribution in [0.4, 0.5) is 5.82 Å². The van der Waals surface area contributed by atoms with Crippen molar-refractivity contribution in [1.82, 2.24) is 14.9 Å². The van der Waals surface area contributed by atoms with E-state index < -0.39 is 0 Å². The lowest BCUT2D eigenvalue weighted by atomic mass is 10.1. The number of nitrogens with zero attached hydrogens (tertiary/aromatic N) is 4. The van der Waals surface area contributed by atoms with E-state index in [0.717, 1.165) is 67.3 Å². The molecule has 2 heterocycles. The Hall–Kier alpha value is -3.06. The Bertz CT molecular complexity index is 1070. The molecular formula is C26H34N4O3. The lowest BCUT2D eigenvalue weighted by Gasteiger charge is -2.37. The van der Waals surface area contributed by atoms with Gasteiger partial charge in [0.05, 0.1) is 26.3 Å². The Morgan fingerprint density at radius 3 is 2.36 bits per heavy atom. The number of fused-ring (bicyclic) bond motifs is 1. The van der Waals surface area contributed by atoms with Gasteiger partial charge in [-0.15, -0.1) is 0 Å². The fourth-order valence-corrected chi connectivity index (χ4v) is 4.07. The number of aromatic nitrogens is 2. The van der Waals surface area contributed by atoms with Crippen LogP contribution in [0.3, 0.4) is 0 Å². The average Bonchev–Trinajstić information content (AvgIpc) is 3.60. The first-order valence-electron chi connectivity index (χ1n) is 11.4. The van der Waals surface area contributed by atoms with Gasteiger partial charge in [-0.1, -0.05) is 31.7 Å². The molecule has 1 saturated carbocycles. The van der Waals surface area contributed by atoms with Crippen LogP contribution in [0.5, 0.6) is 11.5 Å². The molecule has 1 aliphatic heterocycles. The molecule has 0 atom stereocenters. The smallest absolute Gasteiger partial charge is 0.162 e. The van der Waals surface area contributed by atoms with Crippen molar-refractivity contribution in [2.45, 2.75) is 25.2 Å². The molecule has 1 aromatic heterocycles. The minimum Gasteiger partial charge on any atom is -0.493 e. The van der Waals surface area contributed by atoms with Gasteiger partial charge >= 0.3 is 0 Å². The first kappa shape index (κ1) is 23.1. The normalized spacial score (nSPS) is 17.8. The van der Waals surface area contributed by atoms with Gasteiger partial charge < -0.3 is 24.0 Å². The predicted molar refractivity (Wildman–Crippen MR) is 132 cm³/mol. The molecule has 0 bridgehead atoms. The van der Waals surface area contributed by atoms with Crippen LogP contribution in [0, 0.1) is 0 Å². The van der Waals surface area contributed by atoms with E-state index in [1.165, 1.54) is 0 Å². The maximum Gasteiger partial charge on any atom is 0.162 e. The molecule has 1 saturated heterocycles. The van der Waals surface area contributed by atoms with Crippen molar-refractivity contribution in [3.63, 3.8) is 0 Å². The van der Waals surface area contributed by atoms with Gasteiger partial charge in [0.2, 0.25) is 0 Å². The number of piperazine rings is 1. The average molecular weight is 451 g/mol. The summed E-state index contributed by atoms with van der Waals surface area (Å²) in [5.74, 6) is 3.29. The minimum atomic E-state index is 0.0767. The van der Waals surface area contributed by atoms with Crippen LogP contribution in [0.15, 0.2) is 48.7 Å². The zero-order valence-corrected chi connectivity index (χ0v) is 20.1. The summed E-state index contributed by atoms with van der Waals surface area (Å²) < 4.78 is 16.1. The monoisotopic (exact) mass is 450 g/mol. The molecule has 2 aliphatic rings. The number of benzene rings is 1. The van der Waals surface area contributed by atoms with Crippen LogP contribution in [0.2, 0.25) is 0 Å². The summed E-state index contributed by atoms with van der Waals surface area (Å²) in [6, 6.07) is 3.97. The van der Waals surface area contributed by atoms with Crippen LogP contribution in [-0.2, 0) is 10.2 Å². The molecule has 0 N–H and O–H groups in total. The molecule has 4 rings (SSSR count). The SMILES string of the molecule is C=C(/C=C\C=C/COC)N1CCN(c2nc(C3(C)CC3)nc3cc(OC)c(OC)cc23)CC1. The summed E-state index contributed by atoms with van der Waals surface area (Å²) in [6.07, 6.45) is 10.3. The maximum absolute atomic E-state index is 5.57. The first-order valence-corrected chi connectivity index (χ1v) is 11.4. The van der Waals surface area contributed by atoms with E-state index >= 15 is 0 Å². The molecule has 0 spiro atoms. The molecule has 0 radical (unpaired) electrons. The van der Waals surface area contributed by atoms with Crippen molar-refractivity contribution in [3.8, 4) is 11.5 Å².